The van der Waals surface area contributed by atoms with Gasteiger partial charge in [0.25, 0.3) is 0 Å². The van der Waals surface area contributed by atoms with Crippen LogP contribution in [-0.2, 0) is 11.2 Å². The molecule has 1 saturated heterocycles. The fourth-order valence-electron chi connectivity index (χ4n) is 3.87. The quantitative estimate of drug-likeness (QED) is 0.694. The standard InChI is InChI=1S/C21H23N3O3/c1-13-20(15(3)27-23-13)18-10-7-11-24(18)19(25)12-17-14(2)26-21(22-17)16-8-5-4-6-9-16/h4-6,8-9,18H,7,10-12H2,1-3H3/t18-/m0/s1. The van der Waals surface area contributed by atoms with E-state index in [-0.39, 0.29) is 18.4 Å². The lowest BCUT2D eigenvalue weighted by atomic mass is 10.0. The lowest BCUT2D eigenvalue weighted by molar-refractivity contribution is -0.131. The number of carbonyl (C=O) groups is 1. The first-order chi connectivity index (χ1) is 13.0. The molecule has 0 saturated carbocycles. The molecule has 0 aliphatic carbocycles. The molecule has 1 fully saturated rings. The highest BCUT2D eigenvalue weighted by atomic mass is 16.5. The van der Waals surface area contributed by atoms with Gasteiger partial charge in [-0.25, -0.2) is 4.98 Å². The van der Waals surface area contributed by atoms with Crippen molar-refractivity contribution < 1.29 is 13.7 Å². The fraction of sp³-hybridized carbons (Fsp3) is 0.381. The Labute approximate surface area is 158 Å². The molecule has 3 heterocycles. The summed E-state index contributed by atoms with van der Waals surface area (Å²) in [4.78, 5) is 19.5. The van der Waals surface area contributed by atoms with Gasteiger partial charge in [0.15, 0.2) is 0 Å². The molecule has 1 aliphatic heterocycles. The molecule has 1 amide bonds. The number of carbonyl (C=O) groups excluding carboxylic acids is 1. The Hall–Kier alpha value is -2.89. The number of aromatic nitrogens is 2. The minimum absolute atomic E-state index is 0.0320. The van der Waals surface area contributed by atoms with E-state index >= 15 is 0 Å². The molecule has 4 rings (SSSR count). The van der Waals surface area contributed by atoms with Crippen LogP contribution < -0.4 is 0 Å². The van der Waals surface area contributed by atoms with Crippen LogP contribution in [0.1, 0.15) is 47.4 Å². The second-order valence-corrected chi connectivity index (χ2v) is 7.05. The Morgan fingerprint density at radius 2 is 1.96 bits per heavy atom. The first-order valence-electron chi connectivity index (χ1n) is 9.28. The van der Waals surface area contributed by atoms with Crippen molar-refractivity contribution in [3.8, 4) is 11.5 Å². The van der Waals surface area contributed by atoms with Crippen LogP contribution in [0.4, 0.5) is 0 Å². The van der Waals surface area contributed by atoms with E-state index in [1.54, 1.807) is 0 Å². The molecule has 1 atom stereocenters. The van der Waals surface area contributed by atoms with E-state index in [9.17, 15) is 4.79 Å². The fourth-order valence-corrected chi connectivity index (χ4v) is 3.87. The lowest BCUT2D eigenvalue weighted by Crippen LogP contribution is -2.32. The molecule has 0 spiro atoms. The van der Waals surface area contributed by atoms with Gasteiger partial charge in [0.05, 0.1) is 23.9 Å². The molecule has 3 aromatic rings. The summed E-state index contributed by atoms with van der Waals surface area (Å²) in [6, 6.07) is 9.77. The van der Waals surface area contributed by atoms with Crippen molar-refractivity contribution in [2.75, 3.05) is 6.54 Å². The molecule has 0 unspecified atom stereocenters. The summed E-state index contributed by atoms with van der Waals surface area (Å²) < 4.78 is 11.1. The number of hydrogen-bond acceptors (Lipinski definition) is 5. The van der Waals surface area contributed by atoms with Gasteiger partial charge >= 0.3 is 0 Å². The highest BCUT2D eigenvalue weighted by Crippen LogP contribution is 2.36. The number of aryl methyl sites for hydroxylation is 3. The number of rotatable bonds is 4. The number of nitrogens with zero attached hydrogens (tertiary/aromatic N) is 3. The van der Waals surface area contributed by atoms with Gasteiger partial charge in [-0.05, 0) is 45.7 Å². The van der Waals surface area contributed by atoms with Gasteiger partial charge < -0.3 is 13.8 Å². The van der Waals surface area contributed by atoms with Crippen LogP contribution in [-0.4, -0.2) is 27.5 Å². The first kappa shape index (κ1) is 17.5. The Balaban J connectivity index is 1.55. The van der Waals surface area contributed by atoms with E-state index in [4.69, 9.17) is 8.94 Å². The maximum Gasteiger partial charge on any atom is 0.229 e. The van der Waals surface area contributed by atoms with Crippen LogP contribution in [0.2, 0.25) is 0 Å². The average molecular weight is 365 g/mol. The zero-order valence-electron chi connectivity index (χ0n) is 15.9. The summed E-state index contributed by atoms with van der Waals surface area (Å²) in [7, 11) is 0. The van der Waals surface area contributed by atoms with E-state index in [0.717, 1.165) is 42.0 Å². The molecule has 6 nitrogen and oxygen atoms in total. The summed E-state index contributed by atoms with van der Waals surface area (Å²) in [6.45, 7) is 6.44. The molecule has 6 heteroatoms. The highest BCUT2D eigenvalue weighted by molar-refractivity contribution is 5.79. The molecule has 1 aliphatic rings. The Bertz CT molecular complexity index is 939. The predicted molar refractivity (Wildman–Crippen MR) is 100 cm³/mol. The van der Waals surface area contributed by atoms with Crippen LogP contribution in [0.15, 0.2) is 39.3 Å². The monoisotopic (exact) mass is 365 g/mol. The van der Waals surface area contributed by atoms with Gasteiger partial charge in [0.1, 0.15) is 11.5 Å². The van der Waals surface area contributed by atoms with Crippen molar-refractivity contribution in [2.45, 2.75) is 46.1 Å². The van der Waals surface area contributed by atoms with E-state index < -0.39 is 0 Å². The van der Waals surface area contributed by atoms with Crippen molar-refractivity contribution in [1.82, 2.24) is 15.0 Å². The zero-order chi connectivity index (χ0) is 19.0. The maximum absolute atomic E-state index is 13.0. The molecule has 27 heavy (non-hydrogen) atoms. The van der Waals surface area contributed by atoms with Crippen LogP contribution in [0, 0.1) is 20.8 Å². The van der Waals surface area contributed by atoms with Crippen LogP contribution >= 0.6 is 0 Å². The Morgan fingerprint density at radius 3 is 2.67 bits per heavy atom. The average Bonchev–Trinajstić information content (AvgIpc) is 3.36. The Morgan fingerprint density at radius 1 is 1.19 bits per heavy atom. The minimum Gasteiger partial charge on any atom is -0.441 e. The number of hydrogen-bond donors (Lipinski definition) is 0. The van der Waals surface area contributed by atoms with E-state index in [0.29, 0.717) is 17.3 Å². The van der Waals surface area contributed by atoms with Gasteiger partial charge in [-0.2, -0.15) is 0 Å². The van der Waals surface area contributed by atoms with E-state index in [1.165, 1.54) is 0 Å². The summed E-state index contributed by atoms with van der Waals surface area (Å²) in [5, 5.41) is 4.05. The third-order valence-corrected chi connectivity index (χ3v) is 5.23. The van der Waals surface area contributed by atoms with Crippen molar-refractivity contribution in [2.24, 2.45) is 0 Å². The van der Waals surface area contributed by atoms with Crippen LogP contribution in [0.25, 0.3) is 11.5 Å². The van der Waals surface area contributed by atoms with Crippen molar-refractivity contribution in [1.29, 1.82) is 0 Å². The zero-order valence-corrected chi connectivity index (χ0v) is 15.9. The van der Waals surface area contributed by atoms with Crippen LogP contribution in [0.5, 0.6) is 0 Å². The number of likely N-dealkylation sites (tertiary alicyclic amines) is 1. The van der Waals surface area contributed by atoms with Gasteiger partial charge in [0, 0.05) is 17.7 Å². The minimum atomic E-state index is 0.0320. The molecule has 2 aromatic heterocycles. The van der Waals surface area contributed by atoms with Crippen molar-refractivity contribution >= 4 is 5.91 Å². The summed E-state index contributed by atoms with van der Waals surface area (Å²) in [5.41, 5.74) is 3.52. The highest BCUT2D eigenvalue weighted by Gasteiger charge is 2.34. The molecule has 0 radical (unpaired) electrons. The second-order valence-electron chi connectivity index (χ2n) is 7.05. The third kappa shape index (κ3) is 3.27. The van der Waals surface area contributed by atoms with E-state index in [1.807, 2.05) is 56.0 Å². The molecular formula is C21H23N3O3. The molecule has 0 N–H and O–H groups in total. The molecule has 0 bridgehead atoms. The van der Waals surface area contributed by atoms with E-state index in [2.05, 4.69) is 10.1 Å². The molecular weight excluding hydrogens is 342 g/mol. The maximum atomic E-state index is 13.0. The lowest BCUT2D eigenvalue weighted by Gasteiger charge is -2.24. The first-order valence-corrected chi connectivity index (χ1v) is 9.28. The smallest absolute Gasteiger partial charge is 0.229 e. The number of benzene rings is 1. The summed E-state index contributed by atoms with van der Waals surface area (Å²) in [6.07, 6.45) is 2.15. The predicted octanol–water partition coefficient (Wildman–Crippen LogP) is 4.16. The van der Waals surface area contributed by atoms with Crippen LogP contribution in [0.3, 0.4) is 0 Å². The van der Waals surface area contributed by atoms with Gasteiger partial charge in [-0.3, -0.25) is 4.79 Å². The van der Waals surface area contributed by atoms with Gasteiger partial charge in [0.2, 0.25) is 11.8 Å². The number of oxazole rings is 1. The molecule has 1 aromatic carbocycles. The van der Waals surface area contributed by atoms with Gasteiger partial charge in [-0.15, -0.1) is 0 Å². The second kappa shape index (κ2) is 7.02. The largest absolute Gasteiger partial charge is 0.441 e. The summed E-state index contributed by atoms with van der Waals surface area (Å²) >= 11 is 0. The Kier molecular flexibility index (Phi) is 4.56. The number of amides is 1. The van der Waals surface area contributed by atoms with Gasteiger partial charge in [-0.1, -0.05) is 23.4 Å². The molecule has 140 valence electrons. The third-order valence-electron chi connectivity index (χ3n) is 5.23. The summed E-state index contributed by atoms with van der Waals surface area (Å²) in [5.74, 6) is 2.10. The topological polar surface area (TPSA) is 72.4 Å². The van der Waals surface area contributed by atoms with Crippen molar-refractivity contribution in [3.63, 3.8) is 0 Å². The normalized spacial score (nSPS) is 16.9. The van der Waals surface area contributed by atoms with Crippen molar-refractivity contribution in [3.05, 3.63) is 58.8 Å². The SMILES string of the molecule is Cc1noc(C)c1[C@@H]1CCCN1C(=O)Cc1nc(-c2ccccc2)oc1C.